The molecule has 1 aliphatic rings. The minimum Gasteiger partial charge on any atom is -0.493 e. The molecule has 1 atom stereocenters. The van der Waals surface area contributed by atoms with Crippen LogP contribution in [-0.4, -0.2) is 35.8 Å². The molecule has 1 aliphatic heterocycles. The van der Waals surface area contributed by atoms with E-state index in [-0.39, 0.29) is 22.6 Å². The second kappa shape index (κ2) is 10.6. The van der Waals surface area contributed by atoms with Crippen LogP contribution in [0.15, 0.2) is 54.7 Å². The standard InChI is InChI=1S/C20H16F3NO3S.C5H10O2/c21-20(22,23)17-4-5-18-15(13-17)7-9-24(18)28(25,26)11-1-2-14-3-6-19-16(12-14)8-10-27-19;1-3-4(2)5(6)7/h1-7,9,12-13H,8,10-11H2;4H,3H2,1-2H3,(H,6,7). The van der Waals surface area contributed by atoms with E-state index in [1.165, 1.54) is 24.4 Å². The Morgan fingerprint density at radius 2 is 1.94 bits per heavy atom. The number of hydrogen-bond acceptors (Lipinski definition) is 4. The van der Waals surface area contributed by atoms with Gasteiger partial charge in [0, 0.05) is 18.0 Å². The molecule has 0 bridgehead atoms. The fraction of sp³-hybridized carbons (Fsp3) is 0.320. The van der Waals surface area contributed by atoms with Crippen molar-refractivity contribution in [2.45, 2.75) is 32.9 Å². The summed E-state index contributed by atoms with van der Waals surface area (Å²) < 4.78 is 70.2. The van der Waals surface area contributed by atoms with Gasteiger partial charge in [-0.1, -0.05) is 32.1 Å². The van der Waals surface area contributed by atoms with Crippen molar-refractivity contribution in [3.63, 3.8) is 0 Å². The first-order valence-electron chi connectivity index (χ1n) is 11.0. The van der Waals surface area contributed by atoms with Crippen LogP contribution in [-0.2, 0) is 27.4 Å². The van der Waals surface area contributed by atoms with Crippen LogP contribution in [0, 0.1) is 5.92 Å². The molecule has 6 nitrogen and oxygen atoms in total. The molecule has 1 aromatic heterocycles. The van der Waals surface area contributed by atoms with Crippen LogP contribution >= 0.6 is 0 Å². The van der Waals surface area contributed by atoms with Crippen molar-refractivity contribution in [1.29, 1.82) is 0 Å². The SMILES string of the molecule is CCC(C)C(=O)O.O=S(=O)(CC=Cc1ccc2c(c1)CCO2)n1ccc2cc(C(F)(F)F)ccc21. The van der Waals surface area contributed by atoms with Gasteiger partial charge in [0.25, 0.3) is 0 Å². The predicted molar refractivity (Wildman–Crippen MR) is 128 cm³/mol. The number of hydrogen-bond donors (Lipinski definition) is 1. The zero-order valence-electron chi connectivity index (χ0n) is 19.2. The molecule has 0 spiro atoms. The molecule has 3 aromatic rings. The fourth-order valence-corrected chi connectivity index (χ4v) is 4.62. The summed E-state index contributed by atoms with van der Waals surface area (Å²) in [6.45, 7) is 4.20. The molecule has 0 fully saturated rings. The Balaban J connectivity index is 0.000000429. The molecule has 35 heavy (non-hydrogen) atoms. The van der Waals surface area contributed by atoms with Crippen molar-refractivity contribution < 1.29 is 36.2 Å². The topological polar surface area (TPSA) is 85.6 Å². The number of carboxylic acids is 1. The van der Waals surface area contributed by atoms with Gasteiger partial charge < -0.3 is 9.84 Å². The Labute approximate surface area is 201 Å². The number of carbonyl (C=O) groups is 1. The molecule has 2 heterocycles. The number of halogens is 3. The summed E-state index contributed by atoms with van der Waals surface area (Å²) in [5, 5.41) is 8.41. The van der Waals surface area contributed by atoms with Gasteiger partial charge in [-0.05, 0) is 53.9 Å². The quantitative estimate of drug-likeness (QED) is 0.467. The Hall–Kier alpha value is -3.27. The largest absolute Gasteiger partial charge is 0.493 e. The number of ether oxygens (including phenoxy) is 1. The average Bonchev–Trinajstić information content (AvgIpc) is 3.44. The van der Waals surface area contributed by atoms with Crippen molar-refractivity contribution in [3.05, 3.63) is 71.4 Å². The molecule has 0 aliphatic carbocycles. The van der Waals surface area contributed by atoms with Gasteiger partial charge >= 0.3 is 12.1 Å². The lowest BCUT2D eigenvalue weighted by molar-refractivity contribution is -0.141. The average molecular weight is 510 g/mol. The van der Waals surface area contributed by atoms with Crippen molar-refractivity contribution >= 4 is 33.0 Å². The van der Waals surface area contributed by atoms with Crippen molar-refractivity contribution in [3.8, 4) is 5.75 Å². The highest BCUT2D eigenvalue weighted by molar-refractivity contribution is 7.90. The first-order valence-corrected chi connectivity index (χ1v) is 12.6. The number of carboxylic acid groups (broad SMARTS) is 1. The van der Waals surface area contributed by atoms with Crippen molar-refractivity contribution in [2.75, 3.05) is 12.4 Å². The van der Waals surface area contributed by atoms with Crippen LogP contribution in [0.4, 0.5) is 13.2 Å². The van der Waals surface area contributed by atoms with Gasteiger partial charge in [-0.3, -0.25) is 4.79 Å². The maximum absolute atomic E-state index is 12.8. The van der Waals surface area contributed by atoms with Gasteiger partial charge in [0.1, 0.15) is 5.75 Å². The van der Waals surface area contributed by atoms with Crippen molar-refractivity contribution in [1.82, 2.24) is 3.97 Å². The van der Waals surface area contributed by atoms with Gasteiger partial charge in [-0.15, -0.1) is 0 Å². The Morgan fingerprint density at radius 1 is 1.20 bits per heavy atom. The van der Waals surface area contributed by atoms with E-state index in [0.717, 1.165) is 45.8 Å². The molecule has 1 N–H and O–H groups in total. The van der Waals surface area contributed by atoms with Crippen LogP contribution in [0.1, 0.15) is 37.0 Å². The normalized spacial score (nSPS) is 14.3. The van der Waals surface area contributed by atoms with Gasteiger partial charge in [0.15, 0.2) is 0 Å². The van der Waals surface area contributed by atoms with Gasteiger partial charge in [0.2, 0.25) is 10.0 Å². The molecule has 0 amide bonds. The summed E-state index contributed by atoms with van der Waals surface area (Å²) in [5.41, 5.74) is 1.36. The van der Waals surface area contributed by atoms with Crippen molar-refractivity contribution in [2.24, 2.45) is 5.92 Å². The molecule has 0 radical (unpaired) electrons. The minimum atomic E-state index is -4.47. The zero-order valence-corrected chi connectivity index (χ0v) is 20.1. The molecule has 4 rings (SSSR count). The summed E-state index contributed by atoms with van der Waals surface area (Å²) in [6, 6.07) is 10.0. The van der Waals surface area contributed by atoms with Crippen LogP contribution in [0.2, 0.25) is 0 Å². The molecular weight excluding hydrogens is 483 g/mol. The third-order valence-electron chi connectivity index (χ3n) is 5.65. The maximum atomic E-state index is 12.8. The van der Waals surface area contributed by atoms with Gasteiger partial charge in [0.05, 0.1) is 29.4 Å². The Kier molecular flexibility index (Phi) is 7.94. The Morgan fingerprint density at radius 3 is 2.57 bits per heavy atom. The molecule has 0 saturated heterocycles. The monoisotopic (exact) mass is 509 g/mol. The molecule has 188 valence electrons. The highest BCUT2D eigenvalue weighted by Crippen LogP contribution is 2.32. The molecular formula is C25H26F3NO5S. The number of benzene rings is 2. The number of alkyl halides is 3. The van der Waals surface area contributed by atoms with E-state index in [9.17, 15) is 26.4 Å². The maximum Gasteiger partial charge on any atom is 0.416 e. The second-order valence-electron chi connectivity index (χ2n) is 8.18. The molecule has 10 heteroatoms. The highest BCUT2D eigenvalue weighted by atomic mass is 32.2. The molecule has 0 saturated carbocycles. The van der Waals surface area contributed by atoms with Crippen LogP contribution < -0.4 is 4.74 Å². The lowest BCUT2D eigenvalue weighted by atomic mass is 10.1. The Bertz CT molecular complexity index is 1340. The first kappa shape index (κ1) is 26.3. The smallest absolute Gasteiger partial charge is 0.416 e. The number of rotatable bonds is 6. The third-order valence-corrected chi connectivity index (χ3v) is 7.18. The predicted octanol–water partition coefficient (Wildman–Crippen LogP) is 5.60. The van der Waals surface area contributed by atoms with E-state index in [4.69, 9.17) is 9.84 Å². The number of nitrogens with zero attached hydrogens (tertiary/aromatic N) is 1. The van der Waals surface area contributed by atoms with E-state index < -0.39 is 27.7 Å². The lowest BCUT2D eigenvalue weighted by Gasteiger charge is -2.08. The van der Waals surface area contributed by atoms with Gasteiger partial charge in [-0.2, -0.15) is 13.2 Å². The summed E-state index contributed by atoms with van der Waals surface area (Å²) in [5.74, 6) is -0.310. The second-order valence-corrected chi connectivity index (χ2v) is 10.1. The van der Waals surface area contributed by atoms with Crippen LogP contribution in [0.25, 0.3) is 17.0 Å². The van der Waals surface area contributed by atoms with E-state index in [2.05, 4.69) is 0 Å². The summed E-state index contributed by atoms with van der Waals surface area (Å²) in [7, 11) is -3.75. The summed E-state index contributed by atoms with van der Waals surface area (Å²) >= 11 is 0. The van der Waals surface area contributed by atoms with Crippen LogP contribution in [0.3, 0.4) is 0 Å². The number of fused-ring (bicyclic) bond motifs is 2. The number of aliphatic carboxylic acids is 1. The van der Waals surface area contributed by atoms with E-state index in [1.54, 1.807) is 13.0 Å². The van der Waals surface area contributed by atoms with Crippen LogP contribution in [0.5, 0.6) is 5.75 Å². The van der Waals surface area contributed by atoms with E-state index in [1.807, 2.05) is 25.1 Å². The van der Waals surface area contributed by atoms with E-state index >= 15 is 0 Å². The molecule has 1 unspecified atom stereocenters. The first-order chi connectivity index (χ1) is 16.4. The molecule has 2 aromatic carbocycles. The zero-order chi connectivity index (χ0) is 25.8. The minimum absolute atomic E-state index is 0.181. The fourth-order valence-electron chi connectivity index (χ4n) is 3.41. The summed E-state index contributed by atoms with van der Waals surface area (Å²) in [6.07, 6.45) is 1.59. The number of aromatic nitrogens is 1. The van der Waals surface area contributed by atoms with E-state index in [0.29, 0.717) is 6.61 Å². The third kappa shape index (κ3) is 6.45. The highest BCUT2D eigenvalue weighted by Gasteiger charge is 2.31. The summed E-state index contributed by atoms with van der Waals surface area (Å²) in [4.78, 5) is 9.93. The van der Waals surface area contributed by atoms with Gasteiger partial charge in [-0.25, -0.2) is 12.4 Å². The lowest BCUT2D eigenvalue weighted by Crippen LogP contribution is -2.14.